The molecule has 0 N–H and O–H groups in total. The minimum Gasteiger partial charge on any atom is -0.497 e. The van der Waals surface area contributed by atoms with Gasteiger partial charge >= 0.3 is 0 Å². The molecule has 25 heavy (non-hydrogen) atoms. The summed E-state index contributed by atoms with van der Waals surface area (Å²) in [5, 5.41) is 5.14. The zero-order chi connectivity index (χ0) is 17.2. The van der Waals surface area contributed by atoms with Crippen molar-refractivity contribution in [3.63, 3.8) is 0 Å². The van der Waals surface area contributed by atoms with Gasteiger partial charge in [0.1, 0.15) is 11.3 Å². The molecular formula is C17H12ClN3O3S. The third kappa shape index (κ3) is 3.47. The number of methoxy groups -OCH3 is 1. The highest BCUT2D eigenvalue weighted by Crippen LogP contribution is 2.28. The van der Waals surface area contributed by atoms with Crippen LogP contribution in [0.15, 0.2) is 56.6 Å². The molecule has 2 heterocycles. The number of oxazole rings is 1. The van der Waals surface area contributed by atoms with Crippen LogP contribution >= 0.6 is 23.4 Å². The minimum absolute atomic E-state index is 0.461. The Morgan fingerprint density at radius 3 is 2.76 bits per heavy atom. The van der Waals surface area contributed by atoms with Crippen molar-refractivity contribution in [3.8, 4) is 17.2 Å². The van der Waals surface area contributed by atoms with E-state index < -0.39 is 0 Å². The summed E-state index contributed by atoms with van der Waals surface area (Å²) in [5.41, 5.74) is 2.25. The molecule has 0 aliphatic rings. The lowest BCUT2D eigenvalue weighted by Gasteiger charge is -1.98. The summed E-state index contributed by atoms with van der Waals surface area (Å²) < 4.78 is 16.1. The zero-order valence-corrected chi connectivity index (χ0v) is 14.7. The highest BCUT2D eigenvalue weighted by atomic mass is 35.5. The van der Waals surface area contributed by atoms with Crippen LogP contribution < -0.4 is 4.74 Å². The Bertz CT molecular complexity index is 1010. The van der Waals surface area contributed by atoms with E-state index in [1.165, 1.54) is 11.8 Å². The number of benzene rings is 2. The Hall–Kier alpha value is -2.51. The van der Waals surface area contributed by atoms with Gasteiger partial charge in [-0.2, -0.15) is 4.98 Å². The van der Waals surface area contributed by atoms with E-state index in [2.05, 4.69) is 15.1 Å². The number of fused-ring (bicyclic) bond motifs is 1. The van der Waals surface area contributed by atoms with Crippen LogP contribution in [0.25, 0.3) is 22.6 Å². The topological polar surface area (TPSA) is 74.2 Å². The average molecular weight is 374 g/mol. The van der Waals surface area contributed by atoms with Gasteiger partial charge in [0.25, 0.3) is 11.1 Å². The molecule has 126 valence electrons. The fourth-order valence-corrected chi connectivity index (χ4v) is 3.07. The Morgan fingerprint density at radius 2 is 1.96 bits per heavy atom. The van der Waals surface area contributed by atoms with Crippen molar-refractivity contribution >= 4 is 34.5 Å². The van der Waals surface area contributed by atoms with E-state index >= 15 is 0 Å². The number of hydrogen-bond donors (Lipinski definition) is 0. The Balaban J connectivity index is 1.46. The van der Waals surface area contributed by atoms with Crippen LogP contribution in [-0.4, -0.2) is 22.2 Å². The standard InChI is InChI=1S/C17H12ClN3O3S/c1-22-12-5-2-10(3-6-12)16-20-15(21-24-16)9-25-17-19-13-7-4-11(18)8-14(13)23-17/h2-8H,9H2,1H3. The smallest absolute Gasteiger partial charge is 0.257 e. The molecule has 4 rings (SSSR count). The van der Waals surface area contributed by atoms with Crippen molar-refractivity contribution in [2.45, 2.75) is 11.0 Å². The molecule has 0 amide bonds. The minimum atomic E-state index is 0.461. The van der Waals surface area contributed by atoms with Crippen LogP contribution in [0.1, 0.15) is 5.82 Å². The Kier molecular flexibility index (Phi) is 4.33. The SMILES string of the molecule is COc1ccc(-c2nc(CSc3nc4ccc(Cl)cc4o3)no2)cc1. The van der Waals surface area contributed by atoms with E-state index in [1.54, 1.807) is 19.2 Å². The van der Waals surface area contributed by atoms with Gasteiger partial charge in [-0.1, -0.05) is 28.5 Å². The highest BCUT2D eigenvalue weighted by molar-refractivity contribution is 7.98. The fourth-order valence-electron chi connectivity index (χ4n) is 2.23. The second kappa shape index (κ2) is 6.78. The maximum absolute atomic E-state index is 5.95. The van der Waals surface area contributed by atoms with Gasteiger partial charge in [-0.25, -0.2) is 4.98 Å². The molecule has 0 aliphatic carbocycles. The second-order valence-electron chi connectivity index (χ2n) is 5.12. The van der Waals surface area contributed by atoms with E-state index in [0.29, 0.717) is 33.3 Å². The van der Waals surface area contributed by atoms with Gasteiger partial charge in [-0.05, 0) is 36.4 Å². The molecule has 0 atom stereocenters. The first-order valence-corrected chi connectivity index (χ1v) is 8.73. The van der Waals surface area contributed by atoms with Crippen molar-refractivity contribution in [1.82, 2.24) is 15.1 Å². The number of hydrogen-bond acceptors (Lipinski definition) is 7. The number of halogens is 1. The first kappa shape index (κ1) is 16.0. The average Bonchev–Trinajstić information content (AvgIpc) is 3.26. The predicted octanol–water partition coefficient (Wildman–Crippen LogP) is 4.83. The Morgan fingerprint density at radius 1 is 1.12 bits per heavy atom. The summed E-state index contributed by atoms with van der Waals surface area (Å²) in [4.78, 5) is 8.78. The Labute approximate surface area is 152 Å². The lowest BCUT2D eigenvalue weighted by molar-refractivity contribution is 0.414. The number of ether oxygens (including phenoxy) is 1. The monoisotopic (exact) mass is 373 g/mol. The summed E-state index contributed by atoms with van der Waals surface area (Å²) >= 11 is 7.34. The third-order valence-electron chi connectivity index (χ3n) is 3.46. The second-order valence-corrected chi connectivity index (χ2v) is 6.49. The fraction of sp³-hybridized carbons (Fsp3) is 0.118. The number of thioether (sulfide) groups is 1. The van der Waals surface area contributed by atoms with Crippen LogP contribution in [0, 0.1) is 0 Å². The summed E-state index contributed by atoms with van der Waals surface area (Å²) in [6, 6.07) is 12.8. The normalized spacial score (nSPS) is 11.1. The van der Waals surface area contributed by atoms with Gasteiger partial charge in [-0.3, -0.25) is 0 Å². The first-order chi connectivity index (χ1) is 12.2. The number of nitrogens with zero attached hydrogens (tertiary/aromatic N) is 3. The summed E-state index contributed by atoms with van der Waals surface area (Å²) in [5.74, 6) is 2.29. The van der Waals surface area contributed by atoms with Crippen molar-refractivity contribution in [1.29, 1.82) is 0 Å². The van der Waals surface area contributed by atoms with Gasteiger partial charge in [0.05, 0.1) is 12.9 Å². The summed E-state index contributed by atoms with van der Waals surface area (Å²) in [6.45, 7) is 0. The van der Waals surface area contributed by atoms with Crippen LogP contribution in [-0.2, 0) is 5.75 Å². The molecular weight excluding hydrogens is 362 g/mol. The number of aromatic nitrogens is 3. The van der Waals surface area contributed by atoms with Gasteiger partial charge in [0.2, 0.25) is 0 Å². The molecule has 0 unspecified atom stereocenters. The van der Waals surface area contributed by atoms with Crippen molar-refractivity contribution in [2.24, 2.45) is 0 Å². The molecule has 0 saturated heterocycles. The predicted molar refractivity (Wildman–Crippen MR) is 94.9 cm³/mol. The quantitative estimate of drug-likeness (QED) is 0.463. The largest absolute Gasteiger partial charge is 0.497 e. The summed E-state index contributed by atoms with van der Waals surface area (Å²) in [7, 11) is 1.62. The molecule has 0 radical (unpaired) electrons. The van der Waals surface area contributed by atoms with Crippen molar-refractivity contribution < 1.29 is 13.7 Å². The van der Waals surface area contributed by atoms with Crippen molar-refractivity contribution in [3.05, 3.63) is 53.3 Å². The molecule has 0 saturated carbocycles. The summed E-state index contributed by atoms with van der Waals surface area (Å²) in [6.07, 6.45) is 0. The molecule has 2 aromatic heterocycles. The van der Waals surface area contributed by atoms with Gasteiger partial charge < -0.3 is 13.7 Å². The van der Waals surface area contributed by atoms with E-state index in [0.717, 1.165) is 16.8 Å². The van der Waals surface area contributed by atoms with Crippen molar-refractivity contribution in [2.75, 3.05) is 7.11 Å². The lowest BCUT2D eigenvalue weighted by atomic mass is 10.2. The first-order valence-electron chi connectivity index (χ1n) is 7.37. The van der Waals surface area contributed by atoms with Gasteiger partial charge in [0.15, 0.2) is 11.4 Å². The highest BCUT2D eigenvalue weighted by Gasteiger charge is 2.12. The third-order valence-corrected chi connectivity index (χ3v) is 4.52. The van der Waals surface area contributed by atoms with E-state index in [1.807, 2.05) is 30.3 Å². The molecule has 0 fully saturated rings. The zero-order valence-electron chi connectivity index (χ0n) is 13.1. The maximum Gasteiger partial charge on any atom is 0.257 e. The maximum atomic E-state index is 5.95. The van der Waals surface area contributed by atoms with Crippen LogP contribution in [0.4, 0.5) is 0 Å². The molecule has 0 spiro atoms. The number of rotatable bonds is 5. The van der Waals surface area contributed by atoms with Gasteiger partial charge in [0, 0.05) is 16.7 Å². The molecule has 8 heteroatoms. The van der Waals surface area contributed by atoms with E-state index in [9.17, 15) is 0 Å². The molecule has 0 aliphatic heterocycles. The van der Waals surface area contributed by atoms with Crippen LogP contribution in [0.3, 0.4) is 0 Å². The van der Waals surface area contributed by atoms with E-state index in [4.69, 9.17) is 25.3 Å². The molecule has 0 bridgehead atoms. The lowest BCUT2D eigenvalue weighted by Crippen LogP contribution is -1.85. The molecule has 6 nitrogen and oxygen atoms in total. The molecule has 4 aromatic rings. The van der Waals surface area contributed by atoms with Crippen LogP contribution in [0.2, 0.25) is 5.02 Å². The van der Waals surface area contributed by atoms with E-state index in [-0.39, 0.29) is 0 Å². The van der Waals surface area contributed by atoms with Gasteiger partial charge in [-0.15, -0.1) is 0 Å². The van der Waals surface area contributed by atoms with Crippen LogP contribution in [0.5, 0.6) is 5.75 Å². The molecule has 2 aromatic carbocycles.